The monoisotopic (exact) mass is 530 g/mol. The van der Waals surface area contributed by atoms with E-state index in [1.165, 1.54) is 0 Å². The Labute approximate surface area is 213 Å². The molecule has 178 valence electrons. The molecule has 1 aliphatic rings. The molecule has 5 rings (SSSR count). The van der Waals surface area contributed by atoms with Gasteiger partial charge in [-0.05, 0) is 78.7 Å². The summed E-state index contributed by atoms with van der Waals surface area (Å²) < 4.78 is 8.66. The third kappa shape index (κ3) is 4.21. The van der Waals surface area contributed by atoms with E-state index < -0.39 is 0 Å². The number of fused-ring (bicyclic) bond motifs is 1. The fraction of sp³-hybridized carbons (Fsp3) is 0.214. The third-order valence-corrected chi connectivity index (χ3v) is 7.62. The lowest BCUT2D eigenvalue weighted by molar-refractivity contribution is 0.0975. The maximum Gasteiger partial charge on any atom is 0.262 e. The number of para-hydroxylation sites is 1. The maximum atomic E-state index is 13.7. The van der Waals surface area contributed by atoms with Gasteiger partial charge in [-0.2, -0.15) is 5.10 Å². The van der Waals surface area contributed by atoms with Crippen LogP contribution >= 0.6 is 15.9 Å². The summed E-state index contributed by atoms with van der Waals surface area (Å²) in [5.41, 5.74) is 7.41. The van der Waals surface area contributed by atoms with Crippen molar-refractivity contribution in [1.82, 2.24) is 9.78 Å². The molecule has 0 bridgehead atoms. The van der Waals surface area contributed by atoms with Crippen molar-refractivity contribution in [3.63, 3.8) is 0 Å². The van der Waals surface area contributed by atoms with Gasteiger partial charge in [0.1, 0.15) is 11.9 Å². The standard InChI is InChI=1S/C28H27BrN4O2/c1-17-9-12-22(13-10-17)33-27(30-24-8-6-5-7-23(24)28(33)34)20-11-14-25(35-4)21(15-20)16-32-19(3)26(29)18(2)31-32/h5-15,27,30H,16H2,1-4H3. The van der Waals surface area contributed by atoms with Gasteiger partial charge in [-0.25, -0.2) is 0 Å². The van der Waals surface area contributed by atoms with Gasteiger partial charge in [0.2, 0.25) is 0 Å². The number of aromatic nitrogens is 2. The quantitative estimate of drug-likeness (QED) is 0.324. The second-order valence-electron chi connectivity index (χ2n) is 8.82. The Morgan fingerprint density at radius 1 is 1.03 bits per heavy atom. The Bertz CT molecular complexity index is 1410. The van der Waals surface area contributed by atoms with E-state index in [0.29, 0.717) is 12.1 Å². The van der Waals surface area contributed by atoms with Crippen molar-refractivity contribution in [2.24, 2.45) is 0 Å². The first-order valence-corrected chi connectivity index (χ1v) is 12.3. The minimum atomic E-state index is -0.378. The van der Waals surface area contributed by atoms with Crippen molar-refractivity contribution in [2.75, 3.05) is 17.3 Å². The number of hydrogen-bond donors (Lipinski definition) is 1. The van der Waals surface area contributed by atoms with Gasteiger partial charge in [-0.15, -0.1) is 0 Å². The highest BCUT2D eigenvalue weighted by Gasteiger charge is 2.34. The minimum Gasteiger partial charge on any atom is -0.496 e. The average molecular weight is 531 g/mol. The number of amides is 1. The fourth-order valence-corrected chi connectivity index (χ4v) is 4.82. The van der Waals surface area contributed by atoms with Crippen LogP contribution in [-0.2, 0) is 6.54 Å². The SMILES string of the molecule is COc1ccc(C2Nc3ccccc3C(=O)N2c2ccc(C)cc2)cc1Cn1nc(C)c(Br)c1C. The fourth-order valence-electron chi connectivity index (χ4n) is 4.54. The van der Waals surface area contributed by atoms with Crippen LogP contribution in [0.25, 0.3) is 0 Å². The van der Waals surface area contributed by atoms with Crippen molar-refractivity contribution in [3.8, 4) is 5.75 Å². The number of hydrogen-bond acceptors (Lipinski definition) is 4. The van der Waals surface area contributed by atoms with E-state index in [2.05, 4.69) is 32.4 Å². The van der Waals surface area contributed by atoms with Crippen LogP contribution < -0.4 is 15.0 Å². The number of aryl methyl sites for hydroxylation is 2. The molecule has 1 unspecified atom stereocenters. The zero-order valence-corrected chi connectivity index (χ0v) is 21.8. The largest absolute Gasteiger partial charge is 0.496 e. The first kappa shape index (κ1) is 23.2. The Morgan fingerprint density at radius 2 is 1.77 bits per heavy atom. The molecule has 4 aromatic rings. The molecular weight excluding hydrogens is 504 g/mol. The van der Waals surface area contributed by atoms with Gasteiger partial charge in [-0.3, -0.25) is 14.4 Å². The summed E-state index contributed by atoms with van der Waals surface area (Å²) in [7, 11) is 1.67. The number of nitrogens with zero attached hydrogens (tertiary/aromatic N) is 3. The van der Waals surface area contributed by atoms with Crippen molar-refractivity contribution in [3.05, 3.63) is 105 Å². The number of ether oxygens (including phenoxy) is 1. The number of nitrogens with one attached hydrogen (secondary N) is 1. The maximum absolute atomic E-state index is 13.7. The van der Waals surface area contributed by atoms with Crippen LogP contribution in [0, 0.1) is 20.8 Å². The summed E-state index contributed by atoms with van der Waals surface area (Å²) in [6.07, 6.45) is -0.378. The Balaban J connectivity index is 1.60. The summed E-state index contributed by atoms with van der Waals surface area (Å²) in [6, 6.07) is 21.8. The second kappa shape index (κ2) is 9.23. The number of benzene rings is 3. The van der Waals surface area contributed by atoms with Gasteiger partial charge >= 0.3 is 0 Å². The molecule has 0 saturated carbocycles. The number of anilines is 2. The van der Waals surface area contributed by atoms with Crippen molar-refractivity contribution >= 4 is 33.2 Å². The van der Waals surface area contributed by atoms with Gasteiger partial charge in [0.25, 0.3) is 5.91 Å². The van der Waals surface area contributed by atoms with Crippen LogP contribution in [0.15, 0.2) is 71.2 Å². The normalized spacial score (nSPS) is 15.1. The third-order valence-electron chi connectivity index (χ3n) is 6.47. The predicted molar refractivity (Wildman–Crippen MR) is 142 cm³/mol. The van der Waals surface area contributed by atoms with Gasteiger partial charge in [0.05, 0.1) is 35.1 Å². The van der Waals surface area contributed by atoms with Gasteiger partial charge < -0.3 is 10.1 Å². The van der Waals surface area contributed by atoms with Crippen molar-refractivity contribution < 1.29 is 9.53 Å². The van der Waals surface area contributed by atoms with Crippen LogP contribution in [0.5, 0.6) is 5.75 Å². The molecule has 2 heterocycles. The predicted octanol–water partition coefficient (Wildman–Crippen LogP) is 6.40. The number of carbonyl (C=O) groups is 1. The molecule has 3 aromatic carbocycles. The van der Waals surface area contributed by atoms with E-state index in [0.717, 1.165) is 49.7 Å². The summed E-state index contributed by atoms with van der Waals surface area (Å²) in [5.74, 6) is 0.745. The number of halogens is 1. The lowest BCUT2D eigenvalue weighted by Crippen LogP contribution is -2.43. The van der Waals surface area contributed by atoms with Crippen molar-refractivity contribution in [2.45, 2.75) is 33.5 Å². The molecule has 7 heteroatoms. The first-order chi connectivity index (χ1) is 16.9. The van der Waals surface area contributed by atoms with E-state index >= 15 is 0 Å². The second-order valence-corrected chi connectivity index (χ2v) is 9.61. The van der Waals surface area contributed by atoms with Crippen LogP contribution in [0.3, 0.4) is 0 Å². The smallest absolute Gasteiger partial charge is 0.262 e. The molecular formula is C28H27BrN4O2. The van der Waals surface area contributed by atoms with Gasteiger partial charge in [0, 0.05) is 16.9 Å². The summed E-state index contributed by atoms with van der Waals surface area (Å²) >= 11 is 3.62. The molecule has 6 nitrogen and oxygen atoms in total. The van der Waals surface area contributed by atoms with E-state index in [9.17, 15) is 4.79 Å². The zero-order chi connectivity index (χ0) is 24.7. The highest BCUT2D eigenvalue weighted by atomic mass is 79.9. The molecule has 0 radical (unpaired) electrons. The number of methoxy groups -OCH3 is 1. The molecule has 1 atom stereocenters. The summed E-state index contributed by atoms with van der Waals surface area (Å²) in [5, 5.41) is 8.26. The molecule has 0 fully saturated rings. The first-order valence-electron chi connectivity index (χ1n) is 11.5. The van der Waals surface area contributed by atoms with Crippen LogP contribution in [0.1, 0.15) is 44.6 Å². The molecule has 0 saturated heterocycles. The molecule has 0 spiro atoms. The molecule has 1 amide bonds. The highest BCUT2D eigenvalue weighted by molar-refractivity contribution is 9.10. The van der Waals surface area contributed by atoms with E-state index in [1.54, 1.807) is 7.11 Å². The number of carbonyl (C=O) groups excluding carboxylic acids is 1. The molecule has 0 aliphatic carbocycles. The zero-order valence-electron chi connectivity index (χ0n) is 20.2. The molecule has 35 heavy (non-hydrogen) atoms. The minimum absolute atomic E-state index is 0.0342. The van der Waals surface area contributed by atoms with Crippen molar-refractivity contribution in [1.29, 1.82) is 0 Å². The van der Waals surface area contributed by atoms with Gasteiger partial charge in [0.15, 0.2) is 0 Å². The van der Waals surface area contributed by atoms with Crippen LogP contribution in [0.4, 0.5) is 11.4 Å². The molecule has 1 N–H and O–H groups in total. The average Bonchev–Trinajstić information content (AvgIpc) is 3.11. The van der Waals surface area contributed by atoms with E-state index in [1.807, 2.05) is 91.0 Å². The van der Waals surface area contributed by atoms with Crippen LogP contribution in [-0.4, -0.2) is 22.8 Å². The Hall–Kier alpha value is -3.58. The molecule has 1 aromatic heterocycles. The lowest BCUT2D eigenvalue weighted by atomic mass is 10.0. The van der Waals surface area contributed by atoms with Gasteiger partial charge in [-0.1, -0.05) is 35.9 Å². The van der Waals surface area contributed by atoms with E-state index in [4.69, 9.17) is 4.74 Å². The van der Waals surface area contributed by atoms with Crippen LogP contribution in [0.2, 0.25) is 0 Å². The number of rotatable bonds is 5. The summed E-state index contributed by atoms with van der Waals surface area (Å²) in [4.78, 5) is 15.5. The topological polar surface area (TPSA) is 59.4 Å². The Morgan fingerprint density at radius 3 is 2.46 bits per heavy atom. The molecule has 1 aliphatic heterocycles. The summed E-state index contributed by atoms with van der Waals surface area (Å²) in [6.45, 7) is 6.62. The Kier molecular flexibility index (Phi) is 6.11. The highest BCUT2D eigenvalue weighted by Crippen LogP contribution is 2.38. The lowest BCUT2D eigenvalue weighted by Gasteiger charge is -2.38. The van der Waals surface area contributed by atoms with E-state index in [-0.39, 0.29) is 12.1 Å².